The van der Waals surface area contributed by atoms with Gasteiger partial charge in [0.05, 0.1) is 28.8 Å². The zero-order valence-corrected chi connectivity index (χ0v) is 18.8. The van der Waals surface area contributed by atoms with Crippen LogP contribution in [0.2, 0.25) is 0 Å². The number of hydrogen-bond acceptors (Lipinski definition) is 6. The molecule has 0 atom stereocenters. The van der Waals surface area contributed by atoms with Gasteiger partial charge in [-0.25, -0.2) is 8.42 Å². The predicted molar refractivity (Wildman–Crippen MR) is 117 cm³/mol. The van der Waals surface area contributed by atoms with Crippen molar-refractivity contribution < 1.29 is 22.7 Å². The number of carbonyl (C=O) groups is 1. The van der Waals surface area contributed by atoms with E-state index >= 15 is 0 Å². The summed E-state index contributed by atoms with van der Waals surface area (Å²) in [4.78, 5) is 17.2. The van der Waals surface area contributed by atoms with Crippen LogP contribution < -0.4 is 9.54 Å². The molecule has 0 spiro atoms. The molecular weight excluding hydrogens is 424 g/mol. The van der Waals surface area contributed by atoms with Crippen LogP contribution in [0.4, 0.5) is 0 Å². The predicted octanol–water partition coefficient (Wildman–Crippen LogP) is 2.96. The van der Waals surface area contributed by atoms with Gasteiger partial charge in [-0.05, 0) is 55.8 Å². The smallest absolute Gasteiger partial charge is 0.263 e. The number of amides is 1. The molecule has 1 heterocycles. The number of ether oxygens (including phenoxy) is 2. The molecule has 7 nitrogen and oxygen atoms in total. The van der Waals surface area contributed by atoms with Crippen LogP contribution in [0.15, 0.2) is 52.4 Å². The van der Waals surface area contributed by atoms with E-state index in [9.17, 15) is 13.2 Å². The van der Waals surface area contributed by atoms with Crippen LogP contribution >= 0.6 is 11.3 Å². The van der Waals surface area contributed by atoms with Crippen LogP contribution in [-0.4, -0.2) is 45.0 Å². The number of benzene rings is 2. The standard InChI is InChI=1S/C21H24N2O5S2/c1-4-28-12-11-23-18-10-5-15(2)13-19(18)29-21(23)22-20(24)14-30(25,26)17-8-6-16(27-3)7-9-17/h5-10,13H,4,11-12,14H2,1-3H3. The summed E-state index contributed by atoms with van der Waals surface area (Å²) in [5.41, 5.74) is 2.04. The Labute approximate surface area is 179 Å². The Balaban J connectivity index is 1.92. The number of methoxy groups -OCH3 is 1. The number of sulfone groups is 1. The van der Waals surface area contributed by atoms with Crippen molar-refractivity contribution in [3.05, 3.63) is 52.8 Å². The van der Waals surface area contributed by atoms with E-state index in [1.807, 2.05) is 36.6 Å². The van der Waals surface area contributed by atoms with E-state index in [0.29, 0.717) is 30.3 Å². The summed E-state index contributed by atoms with van der Waals surface area (Å²) >= 11 is 1.36. The molecule has 0 N–H and O–H groups in total. The first-order valence-electron chi connectivity index (χ1n) is 9.46. The van der Waals surface area contributed by atoms with E-state index in [4.69, 9.17) is 9.47 Å². The number of nitrogens with zero attached hydrogens (tertiary/aromatic N) is 2. The first-order chi connectivity index (χ1) is 14.3. The molecular formula is C21H24N2O5S2. The zero-order valence-electron chi connectivity index (χ0n) is 17.1. The minimum Gasteiger partial charge on any atom is -0.497 e. The average molecular weight is 449 g/mol. The van der Waals surface area contributed by atoms with Gasteiger partial charge in [0.25, 0.3) is 5.91 Å². The lowest BCUT2D eigenvalue weighted by atomic mass is 10.2. The normalized spacial score (nSPS) is 12.4. The summed E-state index contributed by atoms with van der Waals surface area (Å²) < 4.78 is 38.6. The van der Waals surface area contributed by atoms with Crippen molar-refractivity contribution in [3.8, 4) is 5.75 Å². The molecule has 1 aromatic heterocycles. The van der Waals surface area contributed by atoms with Crippen molar-refractivity contribution in [2.75, 3.05) is 26.1 Å². The van der Waals surface area contributed by atoms with Crippen LogP contribution in [0.25, 0.3) is 10.2 Å². The quantitative estimate of drug-likeness (QED) is 0.495. The van der Waals surface area contributed by atoms with Crippen LogP contribution in [0.1, 0.15) is 12.5 Å². The number of aromatic nitrogens is 1. The molecule has 0 radical (unpaired) electrons. The summed E-state index contributed by atoms with van der Waals surface area (Å²) in [7, 11) is -2.30. The third-order valence-electron chi connectivity index (χ3n) is 4.45. The Morgan fingerprint density at radius 1 is 1.17 bits per heavy atom. The number of thiazole rings is 1. The van der Waals surface area contributed by atoms with Gasteiger partial charge in [0.2, 0.25) is 0 Å². The number of carbonyl (C=O) groups excluding carboxylic acids is 1. The molecule has 0 saturated carbocycles. The minimum absolute atomic E-state index is 0.0584. The molecule has 0 bridgehead atoms. The molecule has 0 aliphatic carbocycles. The maximum atomic E-state index is 12.6. The second-order valence-electron chi connectivity index (χ2n) is 6.64. The van der Waals surface area contributed by atoms with E-state index in [0.717, 1.165) is 15.8 Å². The van der Waals surface area contributed by atoms with Crippen molar-refractivity contribution >= 4 is 37.3 Å². The van der Waals surface area contributed by atoms with Gasteiger partial charge in [-0.1, -0.05) is 17.4 Å². The van der Waals surface area contributed by atoms with Crippen molar-refractivity contribution in [1.82, 2.24) is 4.57 Å². The van der Waals surface area contributed by atoms with Crippen molar-refractivity contribution in [2.24, 2.45) is 4.99 Å². The molecule has 3 aromatic rings. The van der Waals surface area contributed by atoms with E-state index in [1.165, 1.54) is 30.6 Å². The molecule has 160 valence electrons. The van der Waals surface area contributed by atoms with E-state index < -0.39 is 21.5 Å². The lowest BCUT2D eigenvalue weighted by Crippen LogP contribution is -2.22. The third-order valence-corrected chi connectivity index (χ3v) is 7.11. The van der Waals surface area contributed by atoms with Crippen molar-refractivity contribution in [1.29, 1.82) is 0 Å². The molecule has 1 amide bonds. The van der Waals surface area contributed by atoms with Gasteiger partial charge in [-0.2, -0.15) is 4.99 Å². The molecule has 0 fully saturated rings. The maximum absolute atomic E-state index is 12.6. The summed E-state index contributed by atoms with van der Waals surface area (Å²) in [6, 6.07) is 11.9. The molecule has 0 saturated heterocycles. The number of fused-ring (bicyclic) bond motifs is 1. The highest BCUT2D eigenvalue weighted by atomic mass is 32.2. The second-order valence-corrected chi connectivity index (χ2v) is 9.64. The SMILES string of the molecule is CCOCCn1c(=NC(=O)CS(=O)(=O)c2ccc(OC)cc2)sc2cc(C)ccc21. The van der Waals surface area contributed by atoms with Crippen LogP contribution in [0.3, 0.4) is 0 Å². The highest BCUT2D eigenvalue weighted by Gasteiger charge is 2.19. The molecule has 9 heteroatoms. The fourth-order valence-electron chi connectivity index (χ4n) is 2.95. The van der Waals surface area contributed by atoms with Gasteiger partial charge in [0.15, 0.2) is 14.6 Å². The van der Waals surface area contributed by atoms with Gasteiger partial charge in [0.1, 0.15) is 11.5 Å². The van der Waals surface area contributed by atoms with Crippen molar-refractivity contribution in [2.45, 2.75) is 25.3 Å². The summed E-state index contributed by atoms with van der Waals surface area (Å²) in [5, 5.41) is 0. The van der Waals surface area contributed by atoms with Gasteiger partial charge < -0.3 is 14.0 Å². The largest absolute Gasteiger partial charge is 0.497 e. The third kappa shape index (κ3) is 5.16. The lowest BCUT2D eigenvalue weighted by molar-refractivity contribution is -0.115. The Bertz CT molecular complexity index is 1210. The van der Waals surface area contributed by atoms with Crippen LogP contribution in [-0.2, 0) is 25.9 Å². The zero-order chi connectivity index (χ0) is 21.7. The van der Waals surface area contributed by atoms with Crippen LogP contribution in [0.5, 0.6) is 5.75 Å². The molecule has 3 rings (SSSR count). The highest BCUT2D eigenvalue weighted by Crippen LogP contribution is 2.20. The fourth-order valence-corrected chi connectivity index (χ4v) is 5.23. The lowest BCUT2D eigenvalue weighted by Gasteiger charge is -2.06. The average Bonchev–Trinajstić information content (AvgIpc) is 3.03. The Morgan fingerprint density at radius 3 is 2.57 bits per heavy atom. The monoisotopic (exact) mass is 448 g/mol. The fraction of sp³-hybridized carbons (Fsp3) is 0.333. The molecule has 0 aliphatic rings. The Hall–Kier alpha value is -2.49. The molecule has 0 aliphatic heterocycles. The number of rotatable bonds is 8. The first-order valence-corrected chi connectivity index (χ1v) is 11.9. The molecule has 0 unspecified atom stereocenters. The summed E-state index contributed by atoms with van der Waals surface area (Å²) in [6.45, 7) is 5.49. The van der Waals surface area contributed by atoms with E-state index in [1.54, 1.807) is 12.1 Å². The first kappa shape index (κ1) is 22.2. The maximum Gasteiger partial charge on any atom is 0.263 e. The Morgan fingerprint density at radius 2 is 1.90 bits per heavy atom. The highest BCUT2D eigenvalue weighted by molar-refractivity contribution is 7.92. The van der Waals surface area contributed by atoms with Gasteiger partial charge >= 0.3 is 0 Å². The van der Waals surface area contributed by atoms with E-state index in [2.05, 4.69) is 4.99 Å². The van der Waals surface area contributed by atoms with E-state index in [-0.39, 0.29) is 4.90 Å². The van der Waals surface area contributed by atoms with Crippen molar-refractivity contribution in [3.63, 3.8) is 0 Å². The number of aryl methyl sites for hydroxylation is 1. The molecule has 2 aromatic carbocycles. The van der Waals surface area contributed by atoms with Crippen LogP contribution in [0, 0.1) is 6.92 Å². The second kappa shape index (κ2) is 9.55. The topological polar surface area (TPSA) is 87.0 Å². The number of hydrogen-bond donors (Lipinski definition) is 0. The summed E-state index contributed by atoms with van der Waals surface area (Å²) in [6.07, 6.45) is 0. The van der Waals surface area contributed by atoms with Gasteiger partial charge in [-0.3, -0.25) is 4.79 Å². The van der Waals surface area contributed by atoms with Gasteiger partial charge in [0, 0.05) is 13.2 Å². The van der Waals surface area contributed by atoms with Gasteiger partial charge in [-0.15, -0.1) is 0 Å². The minimum atomic E-state index is -3.80. The summed E-state index contributed by atoms with van der Waals surface area (Å²) in [5.74, 6) is -0.863. The Kier molecular flexibility index (Phi) is 7.06. The molecule has 30 heavy (non-hydrogen) atoms.